The van der Waals surface area contributed by atoms with Gasteiger partial charge in [0.05, 0.1) is 0 Å². The second-order valence-corrected chi connectivity index (χ2v) is 3.73. The van der Waals surface area contributed by atoms with Gasteiger partial charge in [0.2, 0.25) is 0 Å². The molecule has 0 aromatic carbocycles. The highest BCUT2D eigenvalue weighted by Crippen LogP contribution is 2.26. The van der Waals surface area contributed by atoms with Gasteiger partial charge in [-0.3, -0.25) is 4.90 Å². The minimum atomic E-state index is 0.743. The Morgan fingerprint density at radius 2 is 2.18 bits per heavy atom. The highest BCUT2D eigenvalue weighted by molar-refractivity contribution is 4.87. The normalized spacial score (nSPS) is 39.0. The van der Waals surface area contributed by atoms with Crippen LogP contribution in [0.25, 0.3) is 0 Å². The number of hydrogen-bond acceptors (Lipinski definition) is 3. The first-order valence-electron chi connectivity index (χ1n) is 4.53. The second-order valence-electron chi connectivity index (χ2n) is 3.73. The Hall–Kier alpha value is -0.120. The van der Waals surface area contributed by atoms with E-state index in [2.05, 4.69) is 10.2 Å². The van der Waals surface area contributed by atoms with E-state index in [4.69, 9.17) is 5.73 Å². The van der Waals surface area contributed by atoms with Gasteiger partial charge in [-0.1, -0.05) is 0 Å². The summed E-state index contributed by atoms with van der Waals surface area (Å²) in [6.45, 7) is 5.62. The molecular weight excluding hydrogens is 138 g/mol. The SMILES string of the molecule is NCN1CC2CCNCC2C1. The number of nitrogens with zero attached hydrogens (tertiary/aromatic N) is 1. The molecule has 2 unspecified atom stereocenters. The van der Waals surface area contributed by atoms with Gasteiger partial charge in [0.25, 0.3) is 0 Å². The average Bonchev–Trinajstić information content (AvgIpc) is 2.46. The van der Waals surface area contributed by atoms with Crippen LogP contribution in [-0.2, 0) is 0 Å². The molecule has 0 radical (unpaired) electrons. The predicted molar refractivity (Wildman–Crippen MR) is 45.1 cm³/mol. The Bertz CT molecular complexity index is 123. The molecule has 11 heavy (non-hydrogen) atoms. The Balaban J connectivity index is 1.92. The summed E-state index contributed by atoms with van der Waals surface area (Å²) in [4.78, 5) is 2.36. The summed E-state index contributed by atoms with van der Waals surface area (Å²) in [6, 6.07) is 0. The van der Waals surface area contributed by atoms with Crippen LogP contribution in [0.3, 0.4) is 0 Å². The lowest BCUT2D eigenvalue weighted by Crippen LogP contribution is -2.35. The summed E-state index contributed by atoms with van der Waals surface area (Å²) in [5.74, 6) is 1.81. The molecule has 0 saturated carbocycles. The number of likely N-dealkylation sites (tertiary alicyclic amines) is 1. The van der Waals surface area contributed by atoms with Gasteiger partial charge < -0.3 is 11.1 Å². The zero-order chi connectivity index (χ0) is 7.68. The minimum absolute atomic E-state index is 0.743. The smallest absolute Gasteiger partial charge is 0.0455 e. The van der Waals surface area contributed by atoms with E-state index < -0.39 is 0 Å². The Labute approximate surface area is 67.9 Å². The van der Waals surface area contributed by atoms with Crippen LogP contribution in [0.2, 0.25) is 0 Å². The molecule has 2 heterocycles. The van der Waals surface area contributed by atoms with Crippen molar-refractivity contribution in [3.63, 3.8) is 0 Å². The topological polar surface area (TPSA) is 41.3 Å². The van der Waals surface area contributed by atoms with Crippen LogP contribution in [0.5, 0.6) is 0 Å². The summed E-state index contributed by atoms with van der Waals surface area (Å²) >= 11 is 0. The Kier molecular flexibility index (Phi) is 2.11. The van der Waals surface area contributed by atoms with Gasteiger partial charge in [-0.05, 0) is 31.3 Å². The minimum Gasteiger partial charge on any atom is -0.318 e. The lowest BCUT2D eigenvalue weighted by molar-refractivity contribution is 0.318. The molecule has 2 aliphatic rings. The van der Waals surface area contributed by atoms with Crippen LogP contribution >= 0.6 is 0 Å². The zero-order valence-corrected chi connectivity index (χ0v) is 6.92. The Morgan fingerprint density at radius 1 is 1.36 bits per heavy atom. The lowest BCUT2D eigenvalue weighted by atomic mass is 9.90. The maximum Gasteiger partial charge on any atom is 0.0455 e. The summed E-state index contributed by atoms with van der Waals surface area (Å²) in [6.07, 6.45) is 1.35. The molecule has 3 heteroatoms. The van der Waals surface area contributed by atoms with Crippen molar-refractivity contribution in [2.24, 2.45) is 17.6 Å². The zero-order valence-electron chi connectivity index (χ0n) is 6.92. The molecule has 3 N–H and O–H groups in total. The van der Waals surface area contributed by atoms with E-state index >= 15 is 0 Å². The van der Waals surface area contributed by atoms with E-state index in [1.165, 1.54) is 32.6 Å². The first kappa shape index (κ1) is 7.53. The van der Waals surface area contributed by atoms with Crippen molar-refractivity contribution < 1.29 is 0 Å². The van der Waals surface area contributed by atoms with Crippen molar-refractivity contribution in [2.75, 3.05) is 32.8 Å². The van der Waals surface area contributed by atoms with Crippen molar-refractivity contribution in [3.8, 4) is 0 Å². The first-order chi connectivity index (χ1) is 5.40. The fraction of sp³-hybridized carbons (Fsp3) is 1.00. The number of rotatable bonds is 1. The maximum atomic E-state index is 5.59. The number of nitrogens with two attached hydrogens (primary N) is 1. The van der Waals surface area contributed by atoms with E-state index in [1.807, 2.05) is 0 Å². The fourth-order valence-electron chi connectivity index (χ4n) is 2.32. The van der Waals surface area contributed by atoms with Gasteiger partial charge in [-0.15, -0.1) is 0 Å². The van der Waals surface area contributed by atoms with Crippen LogP contribution in [0.1, 0.15) is 6.42 Å². The van der Waals surface area contributed by atoms with Crippen LogP contribution in [0.4, 0.5) is 0 Å². The molecule has 2 atom stereocenters. The number of fused-ring (bicyclic) bond motifs is 1. The lowest BCUT2D eigenvalue weighted by Gasteiger charge is -2.24. The first-order valence-corrected chi connectivity index (χ1v) is 4.53. The highest BCUT2D eigenvalue weighted by Gasteiger charge is 2.33. The average molecular weight is 155 g/mol. The monoisotopic (exact) mass is 155 g/mol. The third-order valence-corrected chi connectivity index (χ3v) is 3.01. The molecule has 2 saturated heterocycles. The van der Waals surface area contributed by atoms with Crippen molar-refractivity contribution >= 4 is 0 Å². The van der Waals surface area contributed by atoms with Crippen molar-refractivity contribution in [1.29, 1.82) is 0 Å². The van der Waals surface area contributed by atoms with Gasteiger partial charge in [0.1, 0.15) is 0 Å². The van der Waals surface area contributed by atoms with E-state index in [-0.39, 0.29) is 0 Å². The quantitative estimate of drug-likeness (QED) is 0.533. The predicted octanol–water partition coefficient (Wildman–Crippen LogP) is -0.556. The third-order valence-electron chi connectivity index (χ3n) is 3.01. The van der Waals surface area contributed by atoms with Crippen LogP contribution < -0.4 is 11.1 Å². The largest absolute Gasteiger partial charge is 0.318 e. The van der Waals surface area contributed by atoms with Crippen molar-refractivity contribution in [2.45, 2.75) is 6.42 Å². The molecule has 0 bridgehead atoms. The molecule has 2 rings (SSSR count). The molecule has 3 nitrogen and oxygen atoms in total. The van der Waals surface area contributed by atoms with Crippen LogP contribution in [-0.4, -0.2) is 37.7 Å². The molecule has 0 spiro atoms. The molecule has 2 fully saturated rings. The molecule has 0 aromatic rings. The van der Waals surface area contributed by atoms with Crippen molar-refractivity contribution in [1.82, 2.24) is 10.2 Å². The maximum absolute atomic E-state index is 5.59. The van der Waals surface area contributed by atoms with E-state index in [0.717, 1.165) is 18.5 Å². The molecule has 2 aliphatic heterocycles. The van der Waals surface area contributed by atoms with Gasteiger partial charge in [0, 0.05) is 19.8 Å². The van der Waals surface area contributed by atoms with Crippen LogP contribution in [0.15, 0.2) is 0 Å². The van der Waals surface area contributed by atoms with Gasteiger partial charge in [-0.2, -0.15) is 0 Å². The summed E-state index contributed by atoms with van der Waals surface area (Å²) < 4.78 is 0. The van der Waals surface area contributed by atoms with E-state index in [0.29, 0.717) is 0 Å². The molecule has 0 amide bonds. The van der Waals surface area contributed by atoms with E-state index in [9.17, 15) is 0 Å². The summed E-state index contributed by atoms with van der Waals surface area (Å²) in [7, 11) is 0. The number of piperidine rings is 1. The second kappa shape index (κ2) is 3.09. The van der Waals surface area contributed by atoms with Gasteiger partial charge in [-0.25, -0.2) is 0 Å². The Morgan fingerprint density at radius 3 is 2.91 bits per heavy atom. The number of nitrogens with one attached hydrogen (secondary N) is 1. The fourth-order valence-corrected chi connectivity index (χ4v) is 2.32. The molecule has 64 valence electrons. The highest BCUT2D eigenvalue weighted by atomic mass is 15.2. The van der Waals surface area contributed by atoms with Gasteiger partial charge in [0.15, 0.2) is 0 Å². The third kappa shape index (κ3) is 1.41. The summed E-state index contributed by atoms with van der Waals surface area (Å²) in [5.41, 5.74) is 5.59. The van der Waals surface area contributed by atoms with Crippen molar-refractivity contribution in [3.05, 3.63) is 0 Å². The molecular formula is C8H17N3. The van der Waals surface area contributed by atoms with Gasteiger partial charge >= 0.3 is 0 Å². The number of hydrogen-bond donors (Lipinski definition) is 2. The van der Waals surface area contributed by atoms with E-state index in [1.54, 1.807) is 0 Å². The summed E-state index contributed by atoms with van der Waals surface area (Å²) in [5, 5.41) is 3.43. The van der Waals surface area contributed by atoms with Crippen LogP contribution in [0, 0.1) is 11.8 Å². The molecule has 0 aromatic heterocycles. The molecule has 0 aliphatic carbocycles. The standard InChI is InChI=1S/C8H17N3/c9-6-11-4-7-1-2-10-3-8(7)5-11/h7-8,10H,1-6,9H2.